The van der Waals surface area contributed by atoms with Gasteiger partial charge in [0.2, 0.25) is 0 Å². The van der Waals surface area contributed by atoms with Gasteiger partial charge in [-0.1, -0.05) is 18.1 Å². The number of allylic oxidation sites excluding steroid dienone is 1. The summed E-state index contributed by atoms with van der Waals surface area (Å²) >= 11 is 0. The summed E-state index contributed by atoms with van der Waals surface area (Å²) in [7, 11) is 0. The molecule has 2 nitrogen and oxygen atoms in total. The maximum absolute atomic E-state index is 5.69. The van der Waals surface area contributed by atoms with E-state index >= 15 is 0 Å². The third kappa shape index (κ3) is 1.65. The lowest BCUT2D eigenvalue weighted by molar-refractivity contribution is -0.163. The molecular weight excluding hydrogens is 164 g/mol. The fourth-order valence-electron chi connectivity index (χ4n) is 2.39. The van der Waals surface area contributed by atoms with Gasteiger partial charge in [-0.05, 0) is 19.8 Å². The normalized spacial score (nSPS) is 27.2. The molecule has 0 radical (unpaired) electrons. The van der Waals surface area contributed by atoms with Crippen molar-refractivity contribution in [2.75, 3.05) is 13.2 Å². The fraction of sp³-hybridized carbons (Fsp3) is 0.818. The molecule has 1 heterocycles. The zero-order valence-corrected chi connectivity index (χ0v) is 8.56. The first-order valence-corrected chi connectivity index (χ1v) is 5.21. The predicted molar refractivity (Wildman–Crippen MR) is 51.5 cm³/mol. The van der Waals surface area contributed by atoms with Crippen LogP contribution in [0.1, 0.15) is 39.5 Å². The van der Waals surface area contributed by atoms with E-state index < -0.39 is 0 Å². The minimum atomic E-state index is -0.233. The molecule has 1 fully saturated rings. The van der Waals surface area contributed by atoms with Crippen LogP contribution in [0, 0.1) is 0 Å². The topological polar surface area (TPSA) is 18.5 Å². The van der Waals surface area contributed by atoms with Crippen molar-refractivity contribution in [1.29, 1.82) is 0 Å². The van der Waals surface area contributed by atoms with Crippen LogP contribution < -0.4 is 0 Å². The highest BCUT2D eigenvalue weighted by Gasteiger charge is 2.39. The van der Waals surface area contributed by atoms with Gasteiger partial charge in [0, 0.05) is 12.8 Å². The smallest absolute Gasteiger partial charge is 0.172 e. The predicted octanol–water partition coefficient (Wildman–Crippen LogP) is 2.64. The molecule has 0 aromatic rings. The molecule has 13 heavy (non-hydrogen) atoms. The Hall–Kier alpha value is -0.340. The second kappa shape index (κ2) is 3.43. The van der Waals surface area contributed by atoms with E-state index in [-0.39, 0.29) is 5.79 Å². The molecule has 0 amide bonds. The Labute approximate surface area is 79.9 Å². The van der Waals surface area contributed by atoms with Crippen LogP contribution in [0.5, 0.6) is 0 Å². The highest BCUT2D eigenvalue weighted by molar-refractivity contribution is 5.18. The minimum absolute atomic E-state index is 0.233. The van der Waals surface area contributed by atoms with Crippen molar-refractivity contribution >= 4 is 0 Å². The van der Waals surface area contributed by atoms with Gasteiger partial charge in [0.05, 0.1) is 13.2 Å². The second-order valence-corrected chi connectivity index (χ2v) is 4.02. The van der Waals surface area contributed by atoms with Crippen LogP contribution in [0.15, 0.2) is 11.1 Å². The van der Waals surface area contributed by atoms with Crippen LogP contribution in [-0.4, -0.2) is 19.0 Å². The van der Waals surface area contributed by atoms with Crippen molar-refractivity contribution in [3.63, 3.8) is 0 Å². The third-order valence-corrected chi connectivity index (χ3v) is 3.19. The lowest BCUT2D eigenvalue weighted by Crippen LogP contribution is -2.33. The van der Waals surface area contributed by atoms with E-state index in [0.29, 0.717) is 0 Å². The molecule has 0 bridgehead atoms. The lowest BCUT2D eigenvalue weighted by Gasteiger charge is -2.33. The summed E-state index contributed by atoms with van der Waals surface area (Å²) in [5.74, 6) is -0.233. The van der Waals surface area contributed by atoms with Crippen LogP contribution in [0.25, 0.3) is 0 Å². The number of hydrogen-bond acceptors (Lipinski definition) is 2. The highest BCUT2D eigenvalue weighted by atomic mass is 16.7. The molecule has 2 heteroatoms. The van der Waals surface area contributed by atoms with Crippen molar-refractivity contribution in [2.24, 2.45) is 0 Å². The second-order valence-electron chi connectivity index (χ2n) is 4.02. The van der Waals surface area contributed by atoms with Crippen LogP contribution in [-0.2, 0) is 9.47 Å². The number of hydrogen-bond donors (Lipinski definition) is 0. The molecule has 0 aromatic heterocycles. The van der Waals surface area contributed by atoms with Gasteiger partial charge in [0.15, 0.2) is 5.79 Å². The van der Waals surface area contributed by atoms with Crippen LogP contribution in [0.2, 0.25) is 0 Å². The first kappa shape index (κ1) is 9.22. The van der Waals surface area contributed by atoms with Gasteiger partial charge in [-0.2, -0.15) is 0 Å². The van der Waals surface area contributed by atoms with Gasteiger partial charge in [0.25, 0.3) is 0 Å². The molecule has 0 aromatic carbocycles. The van der Waals surface area contributed by atoms with Crippen molar-refractivity contribution < 1.29 is 9.47 Å². The summed E-state index contributed by atoms with van der Waals surface area (Å²) in [6.45, 7) is 5.99. The Kier molecular flexibility index (Phi) is 2.43. The Bertz CT molecular complexity index is 224. The summed E-state index contributed by atoms with van der Waals surface area (Å²) in [4.78, 5) is 0. The molecule has 74 valence electrons. The van der Waals surface area contributed by atoms with Crippen molar-refractivity contribution in [2.45, 2.75) is 45.3 Å². The molecule has 0 N–H and O–H groups in total. The van der Waals surface area contributed by atoms with Crippen LogP contribution >= 0.6 is 0 Å². The van der Waals surface area contributed by atoms with E-state index in [1.165, 1.54) is 12.0 Å². The summed E-state index contributed by atoms with van der Waals surface area (Å²) in [5.41, 5.74) is 3.08. The van der Waals surface area contributed by atoms with Gasteiger partial charge >= 0.3 is 0 Å². The summed E-state index contributed by atoms with van der Waals surface area (Å²) in [6.07, 6.45) is 4.37. The largest absolute Gasteiger partial charge is 0.347 e. The lowest BCUT2D eigenvalue weighted by atomic mass is 9.87. The Morgan fingerprint density at radius 2 is 2.00 bits per heavy atom. The molecule has 1 spiro atoms. The Balaban J connectivity index is 2.11. The van der Waals surface area contributed by atoms with Gasteiger partial charge in [-0.15, -0.1) is 0 Å². The average Bonchev–Trinajstić information content (AvgIpc) is 2.54. The molecule has 0 unspecified atom stereocenters. The van der Waals surface area contributed by atoms with Crippen molar-refractivity contribution in [3.05, 3.63) is 11.1 Å². The molecule has 2 aliphatic rings. The van der Waals surface area contributed by atoms with E-state index in [4.69, 9.17) is 9.47 Å². The monoisotopic (exact) mass is 182 g/mol. The zero-order chi connectivity index (χ0) is 9.31. The summed E-state index contributed by atoms with van der Waals surface area (Å²) < 4.78 is 11.4. The Morgan fingerprint density at radius 3 is 2.54 bits per heavy atom. The molecule has 1 saturated heterocycles. The summed E-state index contributed by atoms with van der Waals surface area (Å²) in [5, 5.41) is 0. The third-order valence-electron chi connectivity index (χ3n) is 3.19. The van der Waals surface area contributed by atoms with Crippen molar-refractivity contribution in [1.82, 2.24) is 0 Å². The van der Waals surface area contributed by atoms with Gasteiger partial charge < -0.3 is 9.47 Å². The average molecular weight is 182 g/mol. The molecule has 2 rings (SSSR count). The van der Waals surface area contributed by atoms with Crippen LogP contribution in [0.4, 0.5) is 0 Å². The fourth-order valence-corrected chi connectivity index (χ4v) is 2.39. The molecule has 1 aliphatic carbocycles. The first-order valence-electron chi connectivity index (χ1n) is 5.21. The zero-order valence-electron chi connectivity index (χ0n) is 8.56. The van der Waals surface area contributed by atoms with E-state index in [1.807, 2.05) is 0 Å². The van der Waals surface area contributed by atoms with Crippen molar-refractivity contribution in [3.8, 4) is 0 Å². The van der Waals surface area contributed by atoms with Gasteiger partial charge in [-0.3, -0.25) is 0 Å². The van der Waals surface area contributed by atoms with Gasteiger partial charge in [0.1, 0.15) is 0 Å². The number of rotatable bonds is 1. The molecule has 0 saturated carbocycles. The molecule has 1 aliphatic heterocycles. The maximum Gasteiger partial charge on any atom is 0.172 e. The molecule has 0 atom stereocenters. The highest BCUT2D eigenvalue weighted by Crippen LogP contribution is 2.39. The maximum atomic E-state index is 5.69. The quantitative estimate of drug-likeness (QED) is 0.580. The molecular formula is C11H18O2. The van der Waals surface area contributed by atoms with E-state index in [2.05, 4.69) is 13.8 Å². The number of ether oxygens (including phenoxy) is 2. The van der Waals surface area contributed by atoms with E-state index in [1.54, 1.807) is 5.57 Å². The first-order chi connectivity index (χ1) is 6.26. The summed E-state index contributed by atoms with van der Waals surface area (Å²) in [6, 6.07) is 0. The van der Waals surface area contributed by atoms with Gasteiger partial charge in [-0.25, -0.2) is 0 Å². The van der Waals surface area contributed by atoms with Crippen LogP contribution in [0.3, 0.4) is 0 Å². The Morgan fingerprint density at radius 1 is 1.31 bits per heavy atom. The minimum Gasteiger partial charge on any atom is -0.347 e. The standard InChI is InChI=1S/C11H18O2/c1-3-10-4-5-11(8-9(10)2)12-6-7-13-11/h3-8H2,1-2H3. The SMILES string of the molecule is CCC1=C(C)CC2(CC1)OCCO2. The van der Waals surface area contributed by atoms with E-state index in [9.17, 15) is 0 Å². The van der Waals surface area contributed by atoms with E-state index in [0.717, 1.165) is 32.5 Å².